The zero-order valence-electron chi connectivity index (χ0n) is 12.5. The van der Waals surface area contributed by atoms with Crippen molar-refractivity contribution in [2.24, 2.45) is 0 Å². The third-order valence-corrected chi connectivity index (χ3v) is 3.83. The first-order valence-electron chi connectivity index (χ1n) is 6.88. The summed E-state index contributed by atoms with van der Waals surface area (Å²) in [6.45, 7) is 6.78. The molecule has 0 spiro atoms. The molecule has 0 N–H and O–H groups in total. The van der Waals surface area contributed by atoms with E-state index < -0.39 is 5.60 Å². The molecule has 0 aliphatic carbocycles. The van der Waals surface area contributed by atoms with Crippen LogP contribution in [0, 0.1) is 0 Å². The molecule has 1 aromatic rings. The molecule has 1 heterocycles. The van der Waals surface area contributed by atoms with Crippen LogP contribution in [0.3, 0.4) is 0 Å². The summed E-state index contributed by atoms with van der Waals surface area (Å²) >= 11 is 12.0. The molecule has 0 saturated carbocycles. The Labute approximate surface area is 135 Å². The highest BCUT2D eigenvalue weighted by Gasteiger charge is 2.24. The summed E-state index contributed by atoms with van der Waals surface area (Å²) in [5.74, 6) is 0. The maximum absolute atomic E-state index is 12.1. The number of carbonyl (C=O) groups excluding carboxylic acids is 1. The van der Waals surface area contributed by atoms with Crippen molar-refractivity contribution < 1.29 is 9.53 Å². The van der Waals surface area contributed by atoms with Crippen LogP contribution in [0.25, 0.3) is 5.57 Å². The van der Waals surface area contributed by atoms with E-state index in [9.17, 15) is 4.79 Å². The summed E-state index contributed by atoms with van der Waals surface area (Å²) in [4.78, 5) is 13.9. The first-order valence-corrected chi connectivity index (χ1v) is 7.64. The highest BCUT2D eigenvalue weighted by Crippen LogP contribution is 2.28. The SMILES string of the molecule is CC(C)(C)OC(=O)N1CCC=C(c2ccc(Cl)c(Cl)c2)C1. The fraction of sp³-hybridized carbons (Fsp3) is 0.438. The fourth-order valence-corrected chi connectivity index (χ4v) is 2.43. The molecule has 3 nitrogen and oxygen atoms in total. The second kappa shape index (κ2) is 6.29. The van der Waals surface area contributed by atoms with Gasteiger partial charge in [-0.15, -0.1) is 0 Å². The zero-order valence-corrected chi connectivity index (χ0v) is 14.0. The second-order valence-electron chi connectivity index (χ2n) is 6.05. The lowest BCUT2D eigenvalue weighted by molar-refractivity contribution is 0.0273. The number of nitrogens with zero attached hydrogens (tertiary/aromatic N) is 1. The Bertz CT molecular complexity index is 576. The standard InChI is InChI=1S/C16H19Cl2NO2/c1-16(2,3)21-15(20)19-8-4-5-12(10-19)11-6-7-13(17)14(18)9-11/h5-7,9H,4,8,10H2,1-3H3. The first kappa shape index (κ1) is 16.2. The fourth-order valence-electron chi connectivity index (χ4n) is 2.13. The topological polar surface area (TPSA) is 29.5 Å². The number of halogens is 2. The van der Waals surface area contributed by atoms with Crippen molar-refractivity contribution in [2.45, 2.75) is 32.8 Å². The van der Waals surface area contributed by atoms with Crippen LogP contribution in [0.4, 0.5) is 4.79 Å². The van der Waals surface area contributed by atoms with Gasteiger partial charge in [-0.2, -0.15) is 0 Å². The smallest absolute Gasteiger partial charge is 0.410 e. The zero-order chi connectivity index (χ0) is 15.6. The average Bonchev–Trinajstić information content (AvgIpc) is 2.40. The molecule has 0 aromatic heterocycles. The van der Waals surface area contributed by atoms with Crippen molar-refractivity contribution in [3.8, 4) is 0 Å². The minimum Gasteiger partial charge on any atom is -0.444 e. The Balaban J connectivity index is 2.11. The third-order valence-electron chi connectivity index (χ3n) is 3.09. The van der Waals surface area contributed by atoms with E-state index >= 15 is 0 Å². The van der Waals surface area contributed by atoms with E-state index in [1.54, 1.807) is 11.0 Å². The van der Waals surface area contributed by atoms with Crippen LogP contribution in [-0.2, 0) is 4.74 Å². The summed E-state index contributed by atoms with van der Waals surface area (Å²) in [5, 5.41) is 1.05. The molecule has 5 heteroatoms. The maximum atomic E-state index is 12.1. The number of hydrogen-bond acceptors (Lipinski definition) is 2. The molecule has 1 aliphatic heterocycles. The van der Waals surface area contributed by atoms with Crippen molar-refractivity contribution in [3.05, 3.63) is 39.9 Å². The Morgan fingerprint density at radius 3 is 2.57 bits per heavy atom. The molecule has 0 bridgehead atoms. The number of carbonyl (C=O) groups is 1. The lowest BCUT2D eigenvalue weighted by Gasteiger charge is -2.30. The van der Waals surface area contributed by atoms with Gasteiger partial charge in [0.1, 0.15) is 5.60 Å². The predicted octanol–water partition coefficient (Wildman–Crippen LogP) is 5.02. The van der Waals surface area contributed by atoms with E-state index in [0.717, 1.165) is 17.6 Å². The van der Waals surface area contributed by atoms with E-state index in [2.05, 4.69) is 6.08 Å². The Hall–Kier alpha value is -1.19. The van der Waals surface area contributed by atoms with Crippen LogP contribution in [0.2, 0.25) is 10.0 Å². The van der Waals surface area contributed by atoms with Gasteiger partial charge in [0.2, 0.25) is 0 Å². The average molecular weight is 328 g/mol. The Kier molecular flexibility index (Phi) is 4.84. The molecule has 21 heavy (non-hydrogen) atoms. The van der Waals surface area contributed by atoms with Crippen LogP contribution in [0.1, 0.15) is 32.8 Å². The van der Waals surface area contributed by atoms with Crippen LogP contribution >= 0.6 is 23.2 Å². The molecule has 0 atom stereocenters. The van der Waals surface area contributed by atoms with Crippen LogP contribution in [0.15, 0.2) is 24.3 Å². The molecule has 1 amide bonds. The van der Waals surface area contributed by atoms with E-state index in [1.165, 1.54) is 0 Å². The number of rotatable bonds is 1. The summed E-state index contributed by atoms with van der Waals surface area (Å²) < 4.78 is 5.42. The highest BCUT2D eigenvalue weighted by atomic mass is 35.5. The predicted molar refractivity (Wildman–Crippen MR) is 86.9 cm³/mol. The highest BCUT2D eigenvalue weighted by molar-refractivity contribution is 6.42. The quantitative estimate of drug-likeness (QED) is 0.724. The minimum atomic E-state index is -0.484. The Morgan fingerprint density at radius 2 is 1.95 bits per heavy atom. The normalized spacial score (nSPS) is 15.7. The van der Waals surface area contributed by atoms with E-state index in [4.69, 9.17) is 27.9 Å². The summed E-state index contributed by atoms with van der Waals surface area (Å²) in [7, 11) is 0. The summed E-state index contributed by atoms with van der Waals surface area (Å²) in [6.07, 6.45) is 2.64. The van der Waals surface area contributed by atoms with Crippen LogP contribution < -0.4 is 0 Å². The van der Waals surface area contributed by atoms with Gasteiger partial charge in [0.15, 0.2) is 0 Å². The van der Waals surface area contributed by atoms with Crippen molar-refractivity contribution >= 4 is 34.9 Å². The summed E-state index contributed by atoms with van der Waals surface area (Å²) in [5.41, 5.74) is 1.56. The molecule has 2 rings (SSSR count). The molecule has 0 unspecified atom stereocenters. The number of hydrogen-bond donors (Lipinski definition) is 0. The van der Waals surface area contributed by atoms with E-state index in [1.807, 2.05) is 32.9 Å². The summed E-state index contributed by atoms with van der Waals surface area (Å²) in [6, 6.07) is 5.51. The molecule has 0 radical (unpaired) electrons. The lowest BCUT2D eigenvalue weighted by Crippen LogP contribution is -2.39. The van der Waals surface area contributed by atoms with Crippen molar-refractivity contribution in [1.29, 1.82) is 0 Å². The van der Waals surface area contributed by atoms with Gasteiger partial charge in [0.05, 0.1) is 10.0 Å². The van der Waals surface area contributed by atoms with E-state index in [-0.39, 0.29) is 6.09 Å². The van der Waals surface area contributed by atoms with Crippen molar-refractivity contribution in [1.82, 2.24) is 4.90 Å². The number of ether oxygens (including phenoxy) is 1. The van der Waals surface area contributed by atoms with Gasteiger partial charge in [0.25, 0.3) is 0 Å². The monoisotopic (exact) mass is 327 g/mol. The number of benzene rings is 1. The molecule has 0 fully saturated rings. The molecular weight excluding hydrogens is 309 g/mol. The van der Waals surface area contributed by atoms with Crippen molar-refractivity contribution in [2.75, 3.05) is 13.1 Å². The van der Waals surface area contributed by atoms with Crippen LogP contribution in [0.5, 0.6) is 0 Å². The van der Waals surface area contributed by atoms with Crippen LogP contribution in [-0.4, -0.2) is 29.7 Å². The lowest BCUT2D eigenvalue weighted by atomic mass is 10.0. The Morgan fingerprint density at radius 1 is 1.24 bits per heavy atom. The van der Waals surface area contributed by atoms with Gasteiger partial charge < -0.3 is 9.64 Å². The van der Waals surface area contributed by atoms with Gasteiger partial charge in [-0.25, -0.2) is 4.79 Å². The minimum absolute atomic E-state index is 0.284. The molecule has 1 aliphatic rings. The first-order chi connectivity index (χ1) is 9.76. The van der Waals surface area contributed by atoms with Gasteiger partial charge in [-0.3, -0.25) is 0 Å². The largest absolute Gasteiger partial charge is 0.444 e. The third kappa shape index (κ3) is 4.39. The number of amides is 1. The van der Waals surface area contributed by atoms with Gasteiger partial charge in [0, 0.05) is 13.1 Å². The van der Waals surface area contributed by atoms with E-state index in [0.29, 0.717) is 23.1 Å². The van der Waals surface area contributed by atoms with Crippen molar-refractivity contribution in [3.63, 3.8) is 0 Å². The maximum Gasteiger partial charge on any atom is 0.410 e. The second-order valence-corrected chi connectivity index (χ2v) is 6.86. The molecule has 0 saturated heterocycles. The van der Waals surface area contributed by atoms with Gasteiger partial charge in [-0.05, 0) is 50.5 Å². The molecular formula is C16H19Cl2NO2. The van der Waals surface area contributed by atoms with Gasteiger partial charge in [-0.1, -0.05) is 35.3 Å². The molecule has 114 valence electrons. The molecule has 1 aromatic carbocycles. The van der Waals surface area contributed by atoms with Gasteiger partial charge >= 0.3 is 6.09 Å².